The van der Waals surface area contributed by atoms with Crippen LogP contribution in [-0.2, 0) is 6.54 Å². The van der Waals surface area contributed by atoms with E-state index < -0.39 is 0 Å². The molecule has 2 rings (SSSR count). The maximum Gasteiger partial charge on any atom is 0.149 e. The second-order valence-corrected chi connectivity index (χ2v) is 4.21. The maximum atomic E-state index is 8.76. The minimum Gasteiger partial charge on any atom is -0.497 e. The van der Waals surface area contributed by atoms with Crippen LogP contribution in [0.1, 0.15) is 11.1 Å². The number of ether oxygens (including phenoxy) is 1. The van der Waals surface area contributed by atoms with Crippen LogP contribution < -0.4 is 10.1 Å². The van der Waals surface area contributed by atoms with Crippen molar-refractivity contribution in [2.45, 2.75) is 6.54 Å². The molecular weight excluding hydrogens is 262 g/mol. The number of nitriles is 1. The highest BCUT2D eigenvalue weighted by atomic mass is 35.5. The summed E-state index contributed by atoms with van der Waals surface area (Å²) in [5.74, 6) is 1.46. The van der Waals surface area contributed by atoms with E-state index in [1.54, 1.807) is 19.2 Å². The van der Waals surface area contributed by atoms with Gasteiger partial charge in [-0.3, -0.25) is 0 Å². The standard InChI is InChI=1S/C14H12ClN3O/c1-19-12-5-2-10(3-6-12)9-17-13-7-4-11(8-16)14(15)18-13/h2-7H,9H2,1H3,(H,17,18). The van der Waals surface area contributed by atoms with Crippen LogP contribution >= 0.6 is 11.6 Å². The molecule has 0 saturated heterocycles. The Balaban J connectivity index is 2.02. The van der Waals surface area contributed by atoms with Crippen LogP contribution in [0.4, 0.5) is 5.82 Å². The SMILES string of the molecule is COc1ccc(CNc2ccc(C#N)c(Cl)n2)cc1. The van der Waals surface area contributed by atoms with Gasteiger partial charge in [-0.05, 0) is 29.8 Å². The second kappa shape index (κ2) is 6.07. The van der Waals surface area contributed by atoms with E-state index >= 15 is 0 Å². The van der Waals surface area contributed by atoms with Crippen LogP contribution in [0, 0.1) is 11.3 Å². The van der Waals surface area contributed by atoms with Crippen molar-refractivity contribution < 1.29 is 4.74 Å². The number of anilines is 1. The first-order valence-electron chi connectivity index (χ1n) is 5.66. The third-order valence-corrected chi connectivity index (χ3v) is 2.89. The van der Waals surface area contributed by atoms with E-state index in [0.717, 1.165) is 11.3 Å². The van der Waals surface area contributed by atoms with Gasteiger partial charge < -0.3 is 10.1 Å². The number of benzene rings is 1. The fourth-order valence-electron chi connectivity index (χ4n) is 1.55. The van der Waals surface area contributed by atoms with Gasteiger partial charge in [-0.25, -0.2) is 4.98 Å². The van der Waals surface area contributed by atoms with E-state index in [-0.39, 0.29) is 5.15 Å². The summed E-state index contributed by atoms with van der Waals surface area (Å²) in [6.45, 7) is 0.624. The molecule has 0 aliphatic rings. The molecule has 2 aromatic rings. The number of pyridine rings is 1. The molecule has 0 aliphatic heterocycles. The fraction of sp³-hybridized carbons (Fsp3) is 0.143. The molecule has 1 N–H and O–H groups in total. The van der Waals surface area contributed by atoms with Crippen molar-refractivity contribution >= 4 is 17.4 Å². The summed E-state index contributed by atoms with van der Waals surface area (Å²) in [5, 5.41) is 12.1. The molecule has 0 unspecified atom stereocenters. The van der Waals surface area contributed by atoms with Gasteiger partial charge in [0.05, 0.1) is 12.7 Å². The lowest BCUT2D eigenvalue weighted by molar-refractivity contribution is 0.414. The van der Waals surface area contributed by atoms with Crippen molar-refractivity contribution in [1.82, 2.24) is 4.98 Å². The molecule has 0 bridgehead atoms. The average Bonchev–Trinajstić information content (AvgIpc) is 2.46. The van der Waals surface area contributed by atoms with Crippen molar-refractivity contribution in [3.05, 3.63) is 52.7 Å². The number of hydrogen-bond donors (Lipinski definition) is 1. The number of halogens is 1. The minimum absolute atomic E-state index is 0.210. The highest BCUT2D eigenvalue weighted by molar-refractivity contribution is 6.30. The van der Waals surface area contributed by atoms with Crippen LogP contribution in [0.25, 0.3) is 0 Å². The van der Waals surface area contributed by atoms with Crippen molar-refractivity contribution in [1.29, 1.82) is 5.26 Å². The zero-order chi connectivity index (χ0) is 13.7. The molecule has 1 aromatic carbocycles. The van der Waals surface area contributed by atoms with E-state index in [2.05, 4.69) is 10.3 Å². The van der Waals surface area contributed by atoms with Gasteiger partial charge in [0.25, 0.3) is 0 Å². The number of nitrogens with zero attached hydrogens (tertiary/aromatic N) is 2. The summed E-state index contributed by atoms with van der Waals surface area (Å²) < 4.78 is 5.09. The Hall–Kier alpha value is -2.25. The van der Waals surface area contributed by atoms with Gasteiger partial charge in [-0.15, -0.1) is 0 Å². The zero-order valence-electron chi connectivity index (χ0n) is 10.4. The topological polar surface area (TPSA) is 57.9 Å². The summed E-state index contributed by atoms with van der Waals surface area (Å²) in [7, 11) is 1.63. The predicted octanol–water partition coefficient (Wildman–Crippen LogP) is 3.23. The van der Waals surface area contributed by atoms with Crippen molar-refractivity contribution in [3.63, 3.8) is 0 Å². The fourth-order valence-corrected chi connectivity index (χ4v) is 1.75. The molecule has 0 saturated carbocycles. The van der Waals surface area contributed by atoms with Gasteiger partial charge >= 0.3 is 0 Å². The Kier molecular flexibility index (Phi) is 4.22. The summed E-state index contributed by atoms with van der Waals surface area (Å²) in [6.07, 6.45) is 0. The number of nitrogens with one attached hydrogen (secondary N) is 1. The Morgan fingerprint density at radius 2 is 2.00 bits per heavy atom. The lowest BCUT2D eigenvalue weighted by Gasteiger charge is -2.07. The van der Waals surface area contributed by atoms with Gasteiger partial charge in [-0.2, -0.15) is 5.26 Å². The third kappa shape index (κ3) is 3.36. The molecule has 4 nitrogen and oxygen atoms in total. The van der Waals surface area contributed by atoms with E-state index in [9.17, 15) is 0 Å². The second-order valence-electron chi connectivity index (χ2n) is 3.85. The summed E-state index contributed by atoms with van der Waals surface area (Å²) in [4.78, 5) is 4.10. The summed E-state index contributed by atoms with van der Waals surface area (Å²) in [5.41, 5.74) is 1.47. The first-order chi connectivity index (χ1) is 9.22. The molecule has 0 atom stereocenters. The molecule has 1 heterocycles. The first-order valence-corrected chi connectivity index (χ1v) is 6.04. The molecule has 0 amide bonds. The average molecular weight is 274 g/mol. The van der Waals surface area contributed by atoms with Gasteiger partial charge in [0, 0.05) is 6.54 Å². The third-order valence-electron chi connectivity index (χ3n) is 2.60. The summed E-state index contributed by atoms with van der Waals surface area (Å²) >= 11 is 5.86. The predicted molar refractivity (Wildman–Crippen MR) is 74.3 cm³/mol. The first kappa shape index (κ1) is 13.2. The van der Waals surface area contributed by atoms with Crippen LogP contribution in [-0.4, -0.2) is 12.1 Å². The number of hydrogen-bond acceptors (Lipinski definition) is 4. The number of rotatable bonds is 4. The molecule has 0 radical (unpaired) electrons. The minimum atomic E-state index is 0.210. The van der Waals surface area contributed by atoms with E-state index in [4.69, 9.17) is 21.6 Å². The molecule has 96 valence electrons. The Labute approximate surface area is 116 Å². The lowest BCUT2D eigenvalue weighted by atomic mass is 10.2. The molecule has 0 fully saturated rings. The van der Waals surface area contributed by atoms with Crippen LogP contribution in [0.3, 0.4) is 0 Å². The van der Waals surface area contributed by atoms with Crippen LogP contribution in [0.5, 0.6) is 5.75 Å². The molecule has 5 heteroatoms. The summed E-state index contributed by atoms with van der Waals surface area (Å²) in [6, 6.07) is 13.1. The maximum absolute atomic E-state index is 8.76. The number of aromatic nitrogens is 1. The van der Waals surface area contributed by atoms with E-state index in [1.165, 1.54) is 0 Å². The highest BCUT2D eigenvalue weighted by Crippen LogP contribution is 2.17. The van der Waals surface area contributed by atoms with Gasteiger partial charge in [0.15, 0.2) is 0 Å². The normalized spacial score (nSPS) is 9.74. The smallest absolute Gasteiger partial charge is 0.149 e. The van der Waals surface area contributed by atoms with E-state index in [0.29, 0.717) is 17.9 Å². The van der Waals surface area contributed by atoms with Crippen LogP contribution in [0.15, 0.2) is 36.4 Å². The monoisotopic (exact) mass is 273 g/mol. The van der Waals surface area contributed by atoms with Crippen molar-refractivity contribution in [3.8, 4) is 11.8 Å². The van der Waals surface area contributed by atoms with Crippen LogP contribution in [0.2, 0.25) is 5.15 Å². The molecular formula is C14H12ClN3O. The zero-order valence-corrected chi connectivity index (χ0v) is 11.1. The largest absolute Gasteiger partial charge is 0.497 e. The highest BCUT2D eigenvalue weighted by Gasteiger charge is 2.02. The van der Waals surface area contributed by atoms with Gasteiger partial charge in [-0.1, -0.05) is 23.7 Å². The molecule has 0 spiro atoms. The molecule has 1 aromatic heterocycles. The van der Waals surface area contributed by atoms with Gasteiger partial charge in [0.2, 0.25) is 0 Å². The quantitative estimate of drug-likeness (QED) is 0.869. The molecule has 0 aliphatic carbocycles. The Morgan fingerprint density at radius 1 is 1.26 bits per heavy atom. The number of methoxy groups -OCH3 is 1. The molecule has 19 heavy (non-hydrogen) atoms. The van der Waals surface area contributed by atoms with Crippen molar-refractivity contribution in [2.75, 3.05) is 12.4 Å². The Morgan fingerprint density at radius 3 is 2.58 bits per heavy atom. The van der Waals surface area contributed by atoms with E-state index in [1.807, 2.05) is 30.3 Å². The van der Waals surface area contributed by atoms with Gasteiger partial charge in [0.1, 0.15) is 22.8 Å². The van der Waals surface area contributed by atoms with Crippen molar-refractivity contribution in [2.24, 2.45) is 0 Å². The Bertz CT molecular complexity index is 605. The lowest BCUT2D eigenvalue weighted by Crippen LogP contribution is -2.01.